The van der Waals surface area contributed by atoms with Crippen molar-refractivity contribution in [1.29, 1.82) is 0 Å². The number of carbonyl (C=O) groups is 1. The van der Waals surface area contributed by atoms with Crippen LogP contribution in [-0.4, -0.2) is 59.1 Å². The van der Waals surface area contributed by atoms with E-state index in [0.717, 1.165) is 29.8 Å². The third-order valence-electron chi connectivity index (χ3n) is 5.90. The zero-order valence-corrected chi connectivity index (χ0v) is 19.1. The fourth-order valence-corrected chi connectivity index (χ4v) is 6.67. The number of piperazine rings is 1. The molecule has 7 nitrogen and oxygen atoms in total. The molecular formula is C21H21ClN4O3S2. The SMILES string of the molecule is O=C(/C=C/c1c(Cl)nc2sccn12)N1CCN(S(=O)(=O)c2ccc3c(c2)CCC3)CC1. The number of hydrogen-bond donors (Lipinski definition) is 0. The predicted octanol–water partition coefficient (Wildman–Crippen LogP) is 3.08. The zero-order valence-electron chi connectivity index (χ0n) is 16.7. The Morgan fingerprint density at radius 1 is 1.13 bits per heavy atom. The molecule has 0 atom stereocenters. The van der Waals surface area contributed by atoms with Gasteiger partial charge in [0.05, 0.1) is 10.6 Å². The van der Waals surface area contributed by atoms with Crippen LogP contribution in [0.2, 0.25) is 5.15 Å². The number of sulfonamides is 1. The van der Waals surface area contributed by atoms with Crippen molar-refractivity contribution in [2.45, 2.75) is 24.2 Å². The Hall–Kier alpha value is -2.20. The molecule has 5 rings (SSSR count). The van der Waals surface area contributed by atoms with Crippen molar-refractivity contribution in [3.05, 3.63) is 57.8 Å². The van der Waals surface area contributed by atoms with E-state index in [1.54, 1.807) is 17.0 Å². The quantitative estimate of drug-likeness (QED) is 0.542. The van der Waals surface area contributed by atoms with Crippen LogP contribution in [0.5, 0.6) is 0 Å². The van der Waals surface area contributed by atoms with Gasteiger partial charge in [-0.2, -0.15) is 4.31 Å². The van der Waals surface area contributed by atoms with Crippen molar-refractivity contribution < 1.29 is 13.2 Å². The molecule has 1 saturated heterocycles. The van der Waals surface area contributed by atoms with Crippen LogP contribution in [0.4, 0.5) is 0 Å². The van der Waals surface area contributed by atoms with Gasteiger partial charge in [0.2, 0.25) is 15.9 Å². The average Bonchev–Trinajstić information content (AvgIpc) is 3.48. The van der Waals surface area contributed by atoms with Crippen LogP contribution in [-0.2, 0) is 27.7 Å². The standard InChI is InChI=1S/C21H21ClN4O3S2/c22-20-18(26-12-13-30-21(26)23-20)6-7-19(27)24-8-10-25(11-9-24)31(28,29)17-5-4-15-2-1-3-16(15)14-17/h4-7,12-14H,1-3,8-11H2/b7-6+. The number of amides is 1. The number of carbonyl (C=O) groups excluding carboxylic acids is 1. The summed E-state index contributed by atoms with van der Waals surface area (Å²) < 4.78 is 29.4. The molecule has 1 aliphatic carbocycles. The van der Waals surface area contributed by atoms with Crippen LogP contribution in [0.25, 0.3) is 11.0 Å². The number of aromatic nitrogens is 2. The van der Waals surface area contributed by atoms with E-state index in [1.165, 1.54) is 27.3 Å². The summed E-state index contributed by atoms with van der Waals surface area (Å²) in [4.78, 5) is 19.7. The predicted molar refractivity (Wildman–Crippen MR) is 121 cm³/mol. The minimum absolute atomic E-state index is 0.171. The first kappa shape index (κ1) is 20.7. The van der Waals surface area contributed by atoms with Gasteiger partial charge in [0.25, 0.3) is 0 Å². The number of hydrogen-bond acceptors (Lipinski definition) is 5. The van der Waals surface area contributed by atoms with Gasteiger partial charge in [0.15, 0.2) is 10.1 Å². The summed E-state index contributed by atoms with van der Waals surface area (Å²) in [5.74, 6) is -0.171. The van der Waals surface area contributed by atoms with Crippen molar-refractivity contribution >= 4 is 49.9 Å². The molecule has 10 heteroatoms. The van der Waals surface area contributed by atoms with Crippen molar-refractivity contribution in [2.75, 3.05) is 26.2 Å². The summed E-state index contributed by atoms with van der Waals surface area (Å²) in [6, 6.07) is 5.46. The highest BCUT2D eigenvalue weighted by molar-refractivity contribution is 7.89. The van der Waals surface area contributed by atoms with Gasteiger partial charge in [-0.25, -0.2) is 13.4 Å². The summed E-state index contributed by atoms with van der Waals surface area (Å²) in [5.41, 5.74) is 3.04. The lowest BCUT2D eigenvalue weighted by atomic mass is 10.1. The first-order valence-corrected chi connectivity index (χ1v) is 12.8. The largest absolute Gasteiger partial charge is 0.337 e. The zero-order chi connectivity index (χ0) is 21.6. The van der Waals surface area contributed by atoms with Crippen LogP contribution in [0.15, 0.2) is 40.7 Å². The number of thiazole rings is 1. The van der Waals surface area contributed by atoms with Crippen molar-refractivity contribution in [3.8, 4) is 0 Å². The van der Waals surface area contributed by atoms with Crippen LogP contribution in [0.1, 0.15) is 23.2 Å². The summed E-state index contributed by atoms with van der Waals surface area (Å²) in [6.45, 7) is 1.26. The fourth-order valence-electron chi connectivity index (χ4n) is 4.19. The maximum atomic E-state index is 13.1. The maximum absolute atomic E-state index is 13.1. The summed E-state index contributed by atoms with van der Waals surface area (Å²) in [5, 5.41) is 2.25. The Labute approximate surface area is 189 Å². The Balaban J connectivity index is 1.25. The molecule has 3 heterocycles. The van der Waals surface area contributed by atoms with Gasteiger partial charge in [0, 0.05) is 43.8 Å². The summed E-state index contributed by atoms with van der Waals surface area (Å²) in [7, 11) is -3.55. The van der Waals surface area contributed by atoms with Crippen LogP contribution < -0.4 is 0 Å². The number of fused-ring (bicyclic) bond motifs is 2. The number of nitrogens with zero attached hydrogens (tertiary/aromatic N) is 4. The van der Waals surface area contributed by atoms with Gasteiger partial charge >= 0.3 is 0 Å². The molecule has 0 spiro atoms. The molecule has 162 valence electrons. The minimum Gasteiger partial charge on any atom is -0.337 e. The van der Waals surface area contributed by atoms with Crippen LogP contribution in [0.3, 0.4) is 0 Å². The van der Waals surface area contributed by atoms with Crippen molar-refractivity contribution in [1.82, 2.24) is 18.6 Å². The third-order valence-corrected chi connectivity index (χ3v) is 8.83. The number of benzene rings is 1. The van der Waals surface area contributed by atoms with Gasteiger partial charge < -0.3 is 4.90 Å². The first-order chi connectivity index (χ1) is 14.9. The Morgan fingerprint density at radius 2 is 1.90 bits per heavy atom. The second-order valence-electron chi connectivity index (χ2n) is 7.69. The van der Waals surface area contributed by atoms with Gasteiger partial charge in [-0.1, -0.05) is 17.7 Å². The highest BCUT2D eigenvalue weighted by atomic mass is 35.5. The van der Waals surface area contributed by atoms with E-state index in [1.807, 2.05) is 28.1 Å². The third kappa shape index (κ3) is 3.80. The second kappa shape index (κ2) is 8.05. The highest BCUT2D eigenvalue weighted by Crippen LogP contribution is 2.27. The van der Waals surface area contributed by atoms with E-state index in [0.29, 0.717) is 28.8 Å². The number of imidazole rings is 1. The molecule has 2 aliphatic rings. The summed E-state index contributed by atoms with van der Waals surface area (Å²) >= 11 is 7.63. The molecule has 0 N–H and O–H groups in total. The lowest BCUT2D eigenvalue weighted by Crippen LogP contribution is -2.50. The monoisotopic (exact) mass is 476 g/mol. The van der Waals surface area contributed by atoms with E-state index in [2.05, 4.69) is 4.98 Å². The van der Waals surface area contributed by atoms with E-state index in [9.17, 15) is 13.2 Å². The van der Waals surface area contributed by atoms with Gasteiger partial charge in [-0.15, -0.1) is 11.3 Å². The van der Waals surface area contributed by atoms with E-state index >= 15 is 0 Å². The molecule has 1 aromatic carbocycles. The fraction of sp³-hybridized carbons (Fsp3) is 0.333. The van der Waals surface area contributed by atoms with Gasteiger partial charge in [-0.3, -0.25) is 9.20 Å². The van der Waals surface area contributed by atoms with Crippen LogP contribution >= 0.6 is 22.9 Å². The Kier molecular flexibility index (Phi) is 5.37. The lowest BCUT2D eigenvalue weighted by Gasteiger charge is -2.33. The minimum atomic E-state index is -3.55. The molecule has 31 heavy (non-hydrogen) atoms. The smallest absolute Gasteiger partial charge is 0.246 e. The molecule has 0 saturated carbocycles. The molecule has 0 radical (unpaired) electrons. The van der Waals surface area contributed by atoms with Crippen molar-refractivity contribution in [2.24, 2.45) is 0 Å². The average molecular weight is 477 g/mol. The van der Waals surface area contributed by atoms with Gasteiger partial charge in [-0.05, 0) is 48.6 Å². The molecule has 1 fully saturated rings. The van der Waals surface area contributed by atoms with Crippen LogP contribution in [0, 0.1) is 0 Å². The first-order valence-electron chi connectivity index (χ1n) is 10.1. The van der Waals surface area contributed by atoms with Crippen molar-refractivity contribution in [3.63, 3.8) is 0 Å². The topological polar surface area (TPSA) is 75.0 Å². The number of halogens is 1. The number of rotatable bonds is 4. The molecular weight excluding hydrogens is 456 g/mol. The lowest BCUT2D eigenvalue weighted by molar-refractivity contribution is -0.127. The molecule has 0 bridgehead atoms. The Bertz CT molecular complexity index is 1290. The molecule has 1 aliphatic heterocycles. The summed E-state index contributed by atoms with van der Waals surface area (Å²) in [6.07, 6.45) is 8.02. The van der Waals surface area contributed by atoms with Gasteiger partial charge in [0.1, 0.15) is 0 Å². The highest BCUT2D eigenvalue weighted by Gasteiger charge is 2.30. The van der Waals surface area contributed by atoms with E-state index in [-0.39, 0.29) is 19.0 Å². The van der Waals surface area contributed by atoms with E-state index in [4.69, 9.17) is 11.6 Å². The molecule has 2 aromatic heterocycles. The molecule has 3 aromatic rings. The Morgan fingerprint density at radius 3 is 2.71 bits per heavy atom. The second-order valence-corrected chi connectivity index (χ2v) is 10.9. The molecule has 0 unspecified atom stereocenters. The maximum Gasteiger partial charge on any atom is 0.246 e. The molecule has 1 amide bonds. The number of aryl methyl sites for hydroxylation is 2. The van der Waals surface area contributed by atoms with E-state index < -0.39 is 10.0 Å². The normalized spacial score (nSPS) is 17.6.